The van der Waals surface area contributed by atoms with E-state index in [4.69, 9.17) is 4.74 Å². The number of aryl methyl sites for hydroxylation is 2. The molecule has 1 fully saturated rings. The van der Waals surface area contributed by atoms with Crippen LogP contribution < -0.4 is 0 Å². The lowest BCUT2D eigenvalue weighted by atomic mass is 10.0. The highest BCUT2D eigenvalue weighted by atomic mass is 16.5. The van der Waals surface area contributed by atoms with E-state index in [1.54, 1.807) is 7.11 Å². The summed E-state index contributed by atoms with van der Waals surface area (Å²) in [7, 11) is 1.75. The maximum atomic E-state index is 10.4. The van der Waals surface area contributed by atoms with Gasteiger partial charge in [0.2, 0.25) is 0 Å². The first-order chi connectivity index (χ1) is 10.1. The van der Waals surface area contributed by atoms with Crippen molar-refractivity contribution in [3.63, 3.8) is 0 Å². The summed E-state index contributed by atoms with van der Waals surface area (Å²) in [6.07, 6.45) is -0.394. The number of methoxy groups -OCH3 is 1. The molecular weight excluding hydrogens is 264 g/mol. The molecule has 0 radical (unpaired) electrons. The molecule has 4 nitrogen and oxygen atoms in total. The van der Waals surface area contributed by atoms with Gasteiger partial charge in [-0.1, -0.05) is 18.2 Å². The fraction of sp³-hybridized carbons (Fsp3) is 0.647. The van der Waals surface area contributed by atoms with Crippen LogP contribution >= 0.6 is 0 Å². The smallest absolute Gasteiger partial charge is 0.0917 e. The molecule has 4 heteroatoms. The van der Waals surface area contributed by atoms with Crippen molar-refractivity contribution in [1.29, 1.82) is 0 Å². The topological polar surface area (TPSA) is 35.9 Å². The number of rotatable bonds is 6. The number of ether oxygens (including phenoxy) is 1. The van der Waals surface area contributed by atoms with E-state index in [0.717, 1.165) is 51.4 Å². The Bertz CT molecular complexity index is 442. The minimum Gasteiger partial charge on any atom is -0.387 e. The van der Waals surface area contributed by atoms with Crippen molar-refractivity contribution in [3.05, 3.63) is 34.9 Å². The zero-order valence-electron chi connectivity index (χ0n) is 13.5. The van der Waals surface area contributed by atoms with E-state index in [1.165, 1.54) is 11.1 Å². The SMILES string of the molecule is COCCN1CCN(CC(O)c2ccc(C)c(C)c2)CC1. The van der Waals surface area contributed by atoms with Crippen LogP contribution in [0.3, 0.4) is 0 Å². The van der Waals surface area contributed by atoms with Gasteiger partial charge in [0.15, 0.2) is 0 Å². The van der Waals surface area contributed by atoms with Crippen molar-refractivity contribution in [1.82, 2.24) is 9.80 Å². The summed E-state index contributed by atoms with van der Waals surface area (Å²) in [6, 6.07) is 6.24. The van der Waals surface area contributed by atoms with Crippen molar-refractivity contribution < 1.29 is 9.84 Å². The van der Waals surface area contributed by atoms with Crippen LogP contribution in [0.25, 0.3) is 0 Å². The van der Waals surface area contributed by atoms with Gasteiger partial charge in [-0.15, -0.1) is 0 Å². The van der Waals surface area contributed by atoms with Crippen LogP contribution in [0, 0.1) is 13.8 Å². The maximum Gasteiger partial charge on any atom is 0.0917 e. The Hall–Kier alpha value is -0.940. The number of benzene rings is 1. The number of hydrogen-bond acceptors (Lipinski definition) is 4. The molecule has 21 heavy (non-hydrogen) atoms. The van der Waals surface area contributed by atoms with Gasteiger partial charge >= 0.3 is 0 Å². The van der Waals surface area contributed by atoms with Gasteiger partial charge in [-0.25, -0.2) is 0 Å². The molecular formula is C17H28N2O2. The molecule has 1 heterocycles. The summed E-state index contributed by atoms with van der Waals surface area (Å²) in [5.41, 5.74) is 3.55. The average molecular weight is 292 g/mol. The van der Waals surface area contributed by atoms with Crippen molar-refractivity contribution >= 4 is 0 Å². The van der Waals surface area contributed by atoms with Crippen LogP contribution in [-0.4, -0.2) is 67.9 Å². The molecule has 1 aliphatic rings. The monoisotopic (exact) mass is 292 g/mol. The van der Waals surface area contributed by atoms with Crippen LogP contribution in [0.4, 0.5) is 0 Å². The summed E-state index contributed by atoms with van der Waals surface area (Å²) in [5.74, 6) is 0. The van der Waals surface area contributed by atoms with Gasteiger partial charge < -0.3 is 9.84 Å². The van der Waals surface area contributed by atoms with E-state index in [9.17, 15) is 5.11 Å². The Balaban J connectivity index is 1.81. The Morgan fingerprint density at radius 1 is 1.10 bits per heavy atom. The quantitative estimate of drug-likeness (QED) is 0.864. The van der Waals surface area contributed by atoms with E-state index < -0.39 is 6.10 Å². The van der Waals surface area contributed by atoms with E-state index in [1.807, 2.05) is 6.07 Å². The lowest BCUT2D eigenvalue weighted by molar-refractivity contribution is 0.0611. The van der Waals surface area contributed by atoms with Crippen LogP contribution in [0.1, 0.15) is 22.8 Å². The van der Waals surface area contributed by atoms with Crippen LogP contribution in [-0.2, 0) is 4.74 Å². The van der Waals surface area contributed by atoms with Gasteiger partial charge in [0.05, 0.1) is 12.7 Å². The van der Waals surface area contributed by atoms with Crippen molar-refractivity contribution in [2.45, 2.75) is 20.0 Å². The van der Waals surface area contributed by atoms with Crippen LogP contribution in [0.15, 0.2) is 18.2 Å². The normalized spacial score (nSPS) is 18.9. The molecule has 1 unspecified atom stereocenters. The van der Waals surface area contributed by atoms with Gasteiger partial charge in [-0.3, -0.25) is 9.80 Å². The number of aliphatic hydroxyl groups excluding tert-OH is 1. The lowest BCUT2D eigenvalue weighted by Crippen LogP contribution is -2.48. The Morgan fingerprint density at radius 2 is 1.76 bits per heavy atom. The highest BCUT2D eigenvalue weighted by Gasteiger charge is 2.19. The third kappa shape index (κ3) is 4.78. The largest absolute Gasteiger partial charge is 0.387 e. The predicted molar refractivity (Wildman–Crippen MR) is 85.6 cm³/mol. The van der Waals surface area contributed by atoms with Gasteiger partial charge in [0.25, 0.3) is 0 Å². The van der Waals surface area contributed by atoms with Gasteiger partial charge in [0, 0.05) is 46.4 Å². The van der Waals surface area contributed by atoms with E-state index >= 15 is 0 Å². The fourth-order valence-electron chi connectivity index (χ4n) is 2.74. The highest BCUT2D eigenvalue weighted by Crippen LogP contribution is 2.18. The van der Waals surface area contributed by atoms with E-state index in [-0.39, 0.29) is 0 Å². The van der Waals surface area contributed by atoms with Gasteiger partial charge in [0.1, 0.15) is 0 Å². The Morgan fingerprint density at radius 3 is 2.38 bits per heavy atom. The molecule has 2 rings (SSSR count). The summed E-state index contributed by atoms with van der Waals surface area (Å²) in [5, 5.41) is 10.4. The number of aliphatic hydroxyl groups is 1. The molecule has 0 saturated carbocycles. The zero-order valence-corrected chi connectivity index (χ0v) is 13.5. The van der Waals surface area contributed by atoms with E-state index in [2.05, 4.69) is 35.8 Å². The minimum absolute atomic E-state index is 0.394. The predicted octanol–water partition coefficient (Wildman–Crippen LogP) is 1.60. The van der Waals surface area contributed by atoms with Crippen LogP contribution in [0.2, 0.25) is 0 Å². The minimum atomic E-state index is -0.394. The average Bonchev–Trinajstić information content (AvgIpc) is 2.49. The number of nitrogens with zero attached hydrogens (tertiary/aromatic N) is 2. The van der Waals surface area contributed by atoms with Crippen molar-refractivity contribution in [2.75, 3.05) is 53.0 Å². The van der Waals surface area contributed by atoms with Gasteiger partial charge in [-0.2, -0.15) is 0 Å². The van der Waals surface area contributed by atoms with Crippen LogP contribution in [0.5, 0.6) is 0 Å². The summed E-state index contributed by atoms with van der Waals surface area (Å²) in [4.78, 5) is 4.77. The molecule has 0 bridgehead atoms. The third-order valence-corrected chi connectivity index (χ3v) is 4.42. The number of piperazine rings is 1. The zero-order chi connectivity index (χ0) is 15.2. The molecule has 0 amide bonds. The summed E-state index contributed by atoms with van der Waals surface area (Å²) < 4.78 is 5.12. The molecule has 1 saturated heterocycles. The molecule has 1 N–H and O–H groups in total. The lowest BCUT2D eigenvalue weighted by Gasteiger charge is -2.35. The Labute approximate surface area is 128 Å². The Kier molecular flexibility index (Phi) is 6.18. The van der Waals surface area contributed by atoms with Gasteiger partial charge in [-0.05, 0) is 30.5 Å². The second-order valence-corrected chi connectivity index (χ2v) is 5.99. The fourth-order valence-corrected chi connectivity index (χ4v) is 2.74. The molecule has 0 aliphatic carbocycles. The maximum absolute atomic E-state index is 10.4. The second-order valence-electron chi connectivity index (χ2n) is 5.99. The van der Waals surface area contributed by atoms with E-state index in [0.29, 0.717) is 0 Å². The first kappa shape index (κ1) is 16.4. The number of β-amino-alcohol motifs (C(OH)–C–C–N with tert-alkyl or cyclic N) is 1. The second kappa shape index (κ2) is 7.90. The number of hydrogen-bond donors (Lipinski definition) is 1. The molecule has 1 aromatic rings. The summed E-state index contributed by atoms with van der Waals surface area (Å²) >= 11 is 0. The standard InChI is InChI=1S/C17H28N2O2/c1-14-4-5-16(12-15(14)2)17(20)13-19-8-6-18(7-9-19)10-11-21-3/h4-5,12,17,20H,6-11,13H2,1-3H3. The molecule has 1 aromatic carbocycles. The molecule has 1 atom stereocenters. The summed E-state index contributed by atoms with van der Waals surface area (Å²) in [6.45, 7) is 10.9. The highest BCUT2D eigenvalue weighted by molar-refractivity contribution is 5.31. The molecule has 1 aliphatic heterocycles. The molecule has 0 spiro atoms. The third-order valence-electron chi connectivity index (χ3n) is 4.42. The molecule has 118 valence electrons. The van der Waals surface area contributed by atoms with Crippen molar-refractivity contribution in [2.24, 2.45) is 0 Å². The first-order valence-corrected chi connectivity index (χ1v) is 7.79. The van der Waals surface area contributed by atoms with Crippen molar-refractivity contribution in [3.8, 4) is 0 Å². The first-order valence-electron chi connectivity index (χ1n) is 7.79. The molecule has 0 aromatic heterocycles.